The van der Waals surface area contributed by atoms with Crippen molar-refractivity contribution in [3.05, 3.63) is 0 Å². The molecule has 0 aromatic heterocycles. The Labute approximate surface area is 105 Å². The van der Waals surface area contributed by atoms with Crippen molar-refractivity contribution in [1.82, 2.24) is 15.5 Å². The van der Waals surface area contributed by atoms with Crippen LogP contribution in [-0.2, 0) is 4.79 Å². The smallest absolute Gasteiger partial charge is 0.224 e. The molecule has 100 valence electrons. The van der Waals surface area contributed by atoms with Crippen LogP contribution in [0.4, 0.5) is 0 Å². The molecule has 17 heavy (non-hydrogen) atoms. The van der Waals surface area contributed by atoms with Gasteiger partial charge in [-0.05, 0) is 32.5 Å². The highest BCUT2D eigenvalue weighted by Gasteiger charge is 2.31. The summed E-state index contributed by atoms with van der Waals surface area (Å²) >= 11 is 0. The summed E-state index contributed by atoms with van der Waals surface area (Å²) in [4.78, 5) is 14.3. The Hall–Kier alpha value is -0.610. The third kappa shape index (κ3) is 4.28. The largest absolute Gasteiger partial charge is 0.352 e. The monoisotopic (exact) mass is 241 g/mol. The molecule has 0 radical (unpaired) electrons. The summed E-state index contributed by atoms with van der Waals surface area (Å²) in [5.74, 6) is 1.26. The topological polar surface area (TPSA) is 44.4 Å². The molecule has 0 spiro atoms. The lowest BCUT2D eigenvalue weighted by atomic mass is 9.95. The second-order valence-corrected chi connectivity index (χ2v) is 5.86. The highest BCUT2D eigenvalue weighted by molar-refractivity contribution is 5.79. The number of nitrogens with one attached hydrogen (secondary N) is 2. The molecule has 3 atom stereocenters. The van der Waals surface area contributed by atoms with E-state index < -0.39 is 0 Å². The molecule has 0 aromatic carbocycles. The van der Waals surface area contributed by atoms with Crippen molar-refractivity contribution < 1.29 is 4.79 Å². The first kappa shape index (κ1) is 14.5. The van der Waals surface area contributed by atoms with E-state index in [0.29, 0.717) is 11.8 Å². The third-order valence-corrected chi connectivity index (χ3v) is 3.55. The van der Waals surface area contributed by atoms with Gasteiger partial charge in [0.1, 0.15) is 0 Å². The summed E-state index contributed by atoms with van der Waals surface area (Å²) in [5.41, 5.74) is 0. The molecule has 3 unspecified atom stereocenters. The number of rotatable bonds is 5. The van der Waals surface area contributed by atoms with Crippen LogP contribution in [0.2, 0.25) is 0 Å². The molecule has 0 saturated carbocycles. The highest BCUT2D eigenvalue weighted by atomic mass is 16.2. The minimum atomic E-state index is 0.137. The van der Waals surface area contributed by atoms with Gasteiger partial charge in [-0.15, -0.1) is 0 Å². The second kappa shape index (κ2) is 6.36. The summed E-state index contributed by atoms with van der Waals surface area (Å²) in [5, 5.41) is 6.47. The zero-order chi connectivity index (χ0) is 13.0. The van der Waals surface area contributed by atoms with Gasteiger partial charge in [0.2, 0.25) is 5.91 Å². The van der Waals surface area contributed by atoms with Crippen LogP contribution in [0.25, 0.3) is 0 Å². The Kier molecular flexibility index (Phi) is 5.40. The molecule has 0 aromatic rings. The van der Waals surface area contributed by atoms with Crippen LogP contribution in [0, 0.1) is 17.8 Å². The molecule has 1 aliphatic rings. The van der Waals surface area contributed by atoms with Crippen molar-refractivity contribution in [2.24, 2.45) is 17.8 Å². The number of hydrogen-bond donors (Lipinski definition) is 2. The zero-order valence-corrected chi connectivity index (χ0v) is 11.8. The first-order chi connectivity index (χ1) is 7.91. The van der Waals surface area contributed by atoms with E-state index in [2.05, 4.69) is 36.3 Å². The summed E-state index contributed by atoms with van der Waals surface area (Å²) in [6.45, 7) is 9.13. The fourth-order valence-electron chi connectivity index (χ4n) is 2.27. The molecule has 4 nitrogen and oxygen atoms in total. The van der Waals surface area contributed by atoms with Crippen molar-refractivity contribution in [1.29, 1.82) is 0 Å². The number of hydrogen-bond acceptors (Lipinski definition) is 3. The van der Waals surface area contributed by atoms with Gasteiger partial charge in [-0.2, -0.15) is 0 Å². The van der Waals surface area contributed by atoms with Crippen molar-refractivity contribution in [2.45, 2.75) is 26.8 Å². The van der Waals surface area contributed by atoms with Gasteiger partial charge >= 0.3 is 0 Å². The lowest BCUT2D eigenvalue weighted by Crippen LogP contribution is -2.48. The van der Waals surface area contributed by atoms with E-state index in [9.17, 15) is 4.79 Å². The van der Waals surface area contributed by atoms with E-state index in [4.69, 9.17) is 0 Å². The average molecular weight is 241 g/mol. The predicted octanol–water partition coefficient (Wildman–Crippen LogP) is 0.544. The molecular formula is C13H27N3O. The molecule has 1 amide bonds. The van der Waals surface area contributed by atoms with E-state index in [0.717, 1.165) is 19.6 Å². The molecule has 2 N–H and O–H groups in total. The van der Waals surface area contributed by atoms with Crippen molar-refractivity contribution in [2.75, 3.05) is 33.7 Å². The van der Waals surface area contributed by atoms with Crippen molar-refractivity contribution in [3.63, 3.8) is 0 Å². The standard InChI is InChI=1S/C13H27N3O/c1-9(2)12(8-16(4)5)15-13(17)11-7-14-6-10(11)3/h9-12,14H,6-8H2,1-5H3,(H,15,17). The van der Waals surface area contributed by atoms with Crippen LogP contribution in [0.3, 0.4) is 0 Å². The van der Waals surface area contributed by atoms with Crippen LogP contribution in [0.5, 0.6) is 0 Å². The Balaban J connectivity index is 2.51. The van der Waals surface area contributed by atoms with Gasteiger partial charge in [0, 0.05) is 19.1 Å². The Morgan fingerprint density at radius 2 is 2.06 bits per heavy atom. The molecule has 1 heterocycles. The average Bonchev–Trinajstić information content (AvgIpc) is 2.62. The Morgan fingerprint density at radius 3 is 2.47 bits per heavy atom. The Morgan fingerprint density at radius 1 is 1.41 bits per heavy atom. The van der Waals surface area contributed by atoms with Crippen LogP contribution < -0.4 is 10.6 Å². The van der Waals surface area contributed by atoms with Gasteiger partial charge in [-0.25, -0.2) is 0 Å². The normalized spacial score (nSPS) is 26.5. The minimum Gasteiger partial charge on any atom is -0.352 e. The number of carbonyl (C=O) groups is 1. The molecule has 0 aliphatic carbocycles. The van der Waals surface area contributed by atoms with Gasteiger partial charge in [0.15, 0.2) is 0 Å². The summed E-state index contributed by atoms with van der Waals surface area (Å²) in [6, 6.07) is 0.241. The number of likely N-dealkylation sites (N-methyl/N-ethyl adjacent to an activating group) is 1. The first-order valence-corrected chi connectivity index (χ1v) is 6.57. The SMILES string of the molecule is CC(C)C(CN(C)C)NC(=O)C1CNCC1C. The molecule has 1 aliphatic heterocycles. The molecule has 1 saturated heterocycles. The van der Waals surface area contributed by atoms with Gasteiger partial charge < -0.3 is 15.5 Å². The van der Waals surface area contributed by atoms with E-state index in [1.807, 2.05) is 14.1 Å². The fraction of sp³-hybridized carbons (Fsp3) is 0.923. The van der Waals surface area contributed by atoms with E-state index in [1.165, 1.54) is 0 Å². The lowest BCUT2D eigenvalue weighted by molar-refractivity contribution is -0.126. The molecule has 0 bridgehead atoms. The second-order valence-electron chi connectivity index (χ2n) is 5.86. The van der Waals surface area contributed by atoms with Crippen molar-refractivity contribution >= 4 is 5.91 Å². The molecule has 1 rings (SSSR count). The van der Waals surface area contributed by atoms with Crippen LogP contribution in [-0.4, -0.2) is 50.6 Å². The maximum absolute atomic E-state index is 12.2. The molecule has 4 heteroatoms. The van der Waals surface area contributed by atoms with Crippen LogP contribution >= 0.6 is 0 Å². The van der Waals surface area contributed by atoms with E-state index in [-0.39, 0.29) is 17.9 Å². The Bertz CT molecular complexity index is 253. The van der Waals surface area contributed by atoms with Gasteiger partial charge in [-0.3, -0.25) is 4.79 Å². The summed E-state index contributed by atoms with van der Waals surface area (Å²) in [7, 11) is 4.09. The minimum absolute atomic E-state index is 0.137. The number of carbonyl (C=O) groups excluding carboxylic acids is 1. The fourth-order valence-corrected chi connectivity index (χ4v) is 2.27. The van der Waals surface area contributed by atoms with Crippen LogP contribution in [0.15, 0.2) is 0 Å². The lowest BCUT2D eigenvalue weighted by Gasteiger charge is -2.27. The molecule has 1 fully saturated rings. The quantitative estimate of drug-likeness (QED) is 0.738. The summed E-state index contributed by atoms with van der Waals surface area (Å²) < 4.78 is 0. The first-order valence-electron chi connectivity index (χ1n) is 6.57. The van der Waals surface area contributed by atoms with Crippen LogP contribution in [0.1, 0.15) is 20.8 Å². The zero-order valence-electron chi connectivity index (χ0n) is 11.8. The number of nitrogens with zero attached hydrogens (tertiary/aromatic N) is 1. The van der Waals surface area contributed by atoms with E-state index >= 15 is 0 Å². The van der Waals surface area contributed by atoms with E-state index in [1.54, 1.807) is 0 Å². The molecular weight excluding hydrogens is 214 g/mol. The van der Waals surface area contributed by atoms with Gasteiger partial charge in [-0.1, -0.05) is 20.8 Å². The van der Waals surface area contributed by atoms with Gasteiger partial charge in [0.05, 0.1) is 5.92 Å². The number of amides is 1. The maximum Gasteiger partial charge on any atom is 0.224 e. The third-order valence-electron chi connectivity index (χ3n) is 3.55. The summed E-state index contributed by atoms with van der Waals surface area (Å²) in [6.07, 6.45) is 0. The maximum atomic E-state index is 12.2. The van der Waals surface area contributed by atoms with Crippen molar-refractivity contribution in [3.8, 4) is 0 Å². The van der Waals surface area contributed by atoms with Gasteiger partial charge in [0.25, 0.3) is 0 Å². The predicted molar refractivity (Wildman–Crippen MR) is 70.8 cm³/mol. The highest BCUT2D eigenvalue weighted by Crippen LogP contribution is 2.16.